The van der Waals surface area contributed by atoms with Crippen LogP contribution in [0.2, 0.25) is 5.02 Å². The first-order valence-corrected chi connectivity index (χ1v) is 14.8. The summed E-state index contributed by atoms with van der Waals surface area (Å²) in [5.74, 6) is -0.787. The van der Waals surface area contributed by atoms with Gasteiger partial charge in [0.15, 0.2) is 0 Å². The molecule has 41 heavy (non-hydrogen) atoms. The van der Waals surface area contributed by atoms with E-state index < -0.39 is 35.6 Å². The molecule has 0 fully saturated rings. The van der Waals surface area contributed by atoms with Gasteiger partial charge in [0.25, 0.3) is 5.91 Å². The summed E-state index contributed by atoms with van der Waals surface area (Å²) in [4.78, 5) is 42.0. The molecular formula is C32H46ClN3O5. The monoisotopic (exact) mass is 587 g/mol. The molecule has 3 N–H and O–H groups in total. The lowest BCUT2D eigenvalue weighted by atomic mass is 9.99. The molecule has 0 heterocycles. The summed E-state index contributed by atoms with van der Waals surface area (Å²) in [6.45, 7) is 12.8. The number of amides is 3. The minimum Gasteiger partial charge on any atom is -0.508 e. The predicted octanol–water partition coefficient (Wildman–Crippen LogP) is 7.44. The van der Waals surface area contributed by atoms with Gasteiger partial charge in [-0.15, -0.1) is 0 Å². The number of anilines is 1. The SMILES string of the molecule is CCCCCCCCN(C(=O)C(C)NC(=O)OC(C)(C)C)C(C(=O)Nc1c(C)cccc1Cl)c1ccc(O)c(C)c1. The molecule has 0 aliphatic rings. The van der Waals surface area contributed by atoms with Gasteiger partial charge in [-0.05, 0) is 82.9 Å². The molecule has 0 aliphatic heterocycles. The summed E-state index contributed by atoms with van der Waals surface area (Å²) < 4.78 is 5.36. The van der Waals surface area contributed by atoms with Gasteiger partial charge in [-0.3, -0.25) is 9.59 Å². The lowest BCUT2D eigenvalue weighted by Gasteiger charge is -2.34. The van der Waals surface area contributed by atoms with Crippen LogP contribution in [0.15, 0.2) is 36.4 Å². The van der Waals surface area contributed by atoms with Crippen LogP contribution in [-0.2, 0) is 14.3 Å². The molecule has 8 nitrogen and oxygen atoms in total. The average molecular weight is 588 g/mol. The molecule has 0 aromatic heterocycles. The Morgan fingerprint density at radius 1 is 1.00 bits per heavy atom. The van der Waals surface area contributed by atoms with Gasteiger partial charge in [0.05, 0.1) is 10.7 Å². The van der Waals surface area contributed by atoms with E-state index in [1.54, 1.807) is 58.9 Å². The van der Waals surface area contributed by atoms with E-state index in [9.17, 15) is 19.5 Å². The summed E-state index contributed by atoms with van der Waals surface area (Å²) in [7, 11) is 0. The molecule has 3 amide bonds. The number of carbonyl (C=O) groups excluding carboxylic acids is 3. The van der Waals surface area contributed by atoms with E-state index in [2.05, 4.69) is 17.6 Å². The van der Waals surface area contributed by atoms with Crippen LogP contribution in [-0.4, -0.2) is 46.1 Å². The Hall–Kier alpha value is -3.26. The third-order valence-corrected chi connectivity index (χ3v) is 7.02. The highest BCUT2D eigenvalue weighted by Gasteiger charge is 2.35. The van der Waals surface area contributed by atoms with Crippen molar-refractivity contribution in [3.63, 3.8) is 0 Å². The maximum absolute atomic E-state index is 14.0. The maximum Gasteiger partial charge on any atom is 0.408 e. The number of para-hydroxylation sites is 1. The third kappa shape index (κ3) is 10.6. The number of rotatable bonds is 13. The largest absolute Gasteiger partial charge is 0.508 e. The zero-order valence-corrected chi connectivity index (χ0v) is 26.2. The van der Waals surface area contributed by atoms with Crippen molar-refractivity contribution in [1.29, 1.82) is 0 Å². The van der Waals surface area contributed by atoms with Crippen LogP contribution in [0.5, 0.6) is 5.75 Å². The highest BCUT2D eigenvalue weighted by Crippen LogP contribution is 2.31. The zero-order valence-electron chi connectivity index (χ0n) is 25.5. The Balaban J connectivity index is 2.48. The smallest absolute Gasteiger partial charge is 0.408 e. The number of hydrogen-bond donors (Lipinski definition) is 3. The molecule has 226 valence electrons. The first-order valence-electron chi connectivity index (χ1n) is 14.4. The summed E-state index contributed by atoms with van der Waals surface area (Å²) in [5.41, 5.74) is 1.61. The van der Waals surface area contributed by atoms with Crippen LogP contribution >= 0.6 is 11.6 Å². The van der Waals surface area contributed by atoms with E-state index in [1.807, 2.05) is 13.0 Å². The van der Waals surface area contributed by atoms with Crippen molar-refractivity contribution in [2.45, 2.75) is 105 Å². The van der Waals surface area contributed by atoms with E-state index in [1.165, 1.54) is 11.0 Å². The van der Waals surface area contributed by atoms with Crippen LogP contribution in [0, 0.1) is 13.8 Å². The first-order chi connectivity index (χ1) is 19.2. The van der Waals surface area contributed by atoms with Gasteiger partial charge in [0.1, 0.15) is 23.4 Å². The van der Waals surface area contributed by atoms with E-state index in [0.717, 1.165) is 37.7 Å². The van der Waals surface area contributed by atoms with Gasteiger partial charge < -0.3 is 25.4 Å². The number of phenols is 1. The quantitative estimate of drug-likeness (QED) is 0.211. The summed E-state index contributed by atoms with van der Waals surface area (Å²) in [5, 5.41) is 16.1. The molecular weight excluding hydrogens is 542 g/mol. The minimum absolute atomic E-state index is 0.0867. The van der Waals surface area contributed by atoms with Crippen molar-refractivity contribution in [2.24, 2.45) is 0 Å². The van der Waals surface area contributed by atoms with Gasteiger partial charge in [-0.1, -0.05) is 68.8 Å². The average Bonchev–Trinajstić information content (AvgIpc) is 2.87. The maximum atomic E-state index is 14.0. The van der Waals surface area contributed by atoms with Gasteiger partial charge in [0.2, 0.25) is 5.91 Å². The second-order valence-electron chi connectivity index (χ2n) is 11.5. The molecule has 0 bridgehead atoms. The van der Waals surface area contributed by atoms with Gasteiger partial charge >= 0.3 is 6.09 Å². The number of unbranched alkanes of at least 4 members (excludes halogenated alkanes) is 5. The molecule has 0 saturated heterocycles. The van der Waals surface area contributed by atoms with Crippen molar-refractivity contribution in [2.75, 3.05) is 11.9 Å². The summed E-state index contributed by atoms with van der Waals surface area (Å²) in [6.07, 6.45) is 5.26. The lowest BCUT2D eigenvalue weighted by Crippen LogP contribution is -2.51. The number of nitrogens with zero attached hydrogens (tertiary/aromatic N) is 1. The van der Waals surface area contributed by atoms with Gasteiger partial charge in [-0.2, -0.15) is 0 Å². The van der Waals surface area contributed by atoms with Gasteiger partial charge in [-0.25, -0.2) is 4.79 Å². The van der Waals surface area contributed by atoms with Crippen LogP contribution in [0.25, 0.3) is 0 Å². The predicted molar refractivity (Wildman–Crippen MR) is 164 cm³/mol. The molecule has 0 aliphatic carbocycles. The number of aryl methyl sites for hydroxylation is 2. The van der Waals surface area contributed by atoms with Crippen molar-refractivity contribution in [3.8, 4) is 5.75 Å². The number of benzene rings is 2. The van der Waals surface area contributed by atoms with E-state index in [4.69, 9.17) is 16.3 Å². The van der Waals surface area contributed by atoms with Crippen LogP contribution in [0.1, 0.15) is 95.9 Å². The molecule has 2 aromatic rings. The molecule has 2 rings (SSSR count). The number of phenolic OH excluding ortho intramolecular Hbond substituents is 1. The van der Waals surface area contributed by atoms with Crippen molar-refractivity contribution in [1.82, 2.24) is 10.2 Å². The Kier molecular flexibility index (Phi) is 13.0. The Bertz CT molecular complexity index is 1170. The summed E-state index contributed by atoms with van der Waals surface area (Å²) >= 11 is 6.43. The van der Waals surface area contributed by atoms with Gasteiger partial charge in [0, 0.05) is 6.54 Å². The number of alkyl carbamates (subject to hydrolysis) is 1. The van der Waals surface area contributed by atoms with Crippen LogP contribution < -0.4 is 10.6 Å². The second kappa shape index (κ2) is 15.7. The second-order valence-corrected chi connectivity index (χ2v) is 11.9. The summed E-state index contributed by atoms with van der Waals surface area (Å²) in [6, 6.07) is 8.18. The molecule has 2 unspecified atom stereocenters. The standard InChI is InChI=1S/C32H46ClN3O5/c1-8-9-10-11-12-13-19-36(30(39)23(4)34-31(40)41-32(5,6)7)28(24-17-18-26(37)22(3)20-24)29(38)35-27-21(2)15-14-16-25(27)33/h14-18,20,23,28,37H,8-13,19H2,1-7H3,(H,34,40)(H,35,38). The Morgan fingerprint density at radius 3 is 2.27 bits per heavy atom. The third-order valence-electron chi connectivity index (χ3n) is 6.71. The number of ether oxygens (including phenoxy) is 1. The highest BCUT2D eigenvalue weighted by molar-refractivity contribution is 6.34. The fourth-order valence-electron chi connectivity index (χ4n) is 4.53. The first kappa shape index (κ1) is 33.9. The Labute approximate surface area is 249 Å². The van der Waals surface area contributed by atoms with Crippen molar-refractivity contribution in [3.05, 3.63) is 58.1 Å². The van der Waals surface area contributed by atoms with E-state index in [-0.39, 0.29) is 5.75 Å². The zero-order chi connectivity index (χ0) is 30.7. The van der Waals surface area contributed by atoms with Crippen LogP contribution in [0.3, 0.4) is 0 Å². The Morgan fingerprint density at radius 2 is 1.66 bits per heavy atom. The normalized spacial score (nSPS) is 12.8. The fraction of sp³-hybridized carbons (Fsp3) is 0.531. The molecule has 0 spiro atoms. The topological polar surface area (TPSA) is 108 Å². The molecule has 0 saturated carbocycles. The number of halogens is 1. The van der Waals surface area contributed by atoms with E-state index >= 15 is 0 Å². The molecule has 9 heteroatoms. The van der Waals surface area contributed by atoms with Crippen molar-refractivity contribution < 1.29 is 24.2 Å². The fourth-order valence-corrected chi connectivity index (χ4v) is 4.80. The molecule has 0 radical (unpaired) electrons. The number of carbonyl (C=O) groups is 3. The number of aromatic hydroxyl groups is 1. The molecule has 2 atom stereocenters. The highest BCUT2D eigenvalue weighted by atomic mass is 35.5. The molecule has 2 aromatic carbocycles. The lowest BCUT2D eigenvalue weighted by molar-refractivity contribution is -0.140. The minimum atomic E-state index is -1.05. The van der Waals surface area contributed by atoms with Crippen LogP contribution in [0.4, 0.5) is 10.5 Å². The number of nitrogens with one attached hydrogen (secondary N) is 2. The number of hydrogen-bond acceptors (Lipinski definition) is 5. The van der Waals surface area contributed by atoms with E-state index in [0.29, 0.717) is 34.8 Å². The van der Waals surface area contributed by atoms with Crippen molar-refractivity contribution >= 4 is 35.2 Å².